The Morgan fingerprint density at radius 2 is 1.84 bits per heavy atom. The van der Waals surface area contributed by atoms with Gasteiger partial charge in [-0.15, -0.1) is 0 Å². The maximum absolute atomic E-state index is 14.5. The van der Waals surface area contributed by atoms with Crippen LogP contribution >= 0.6 is 0 Å². The normalized spacial score (nSPS) is 17.6. The van der Waals surface area contributed by atoms with E-state index in [-0.39, 0.29) is 29.6 Å². The number of aromatic nitrogens is 2. The molecule has 200 valence electrons. The number of alkyl halides is 3. The van der Waals surface area contributed by atoms with Crippen LogP contribution in [0.15, 0.2) is 23.0 Å². The first-order chi connectivity index (χ1) is 17.3. The van der Waals surface area contributed by atoms with Gasteiger partial charge in [-0.2, -0.15) is 18.3 Å². The highest BCUT2D eigenvalue weighted by molar-refractivity contribution is 5.97. The van der Waals surface area contributed by atoms with Crippen LogP contribution in [0.2, 0.25) is 0 Å². The molecular formula is C24H26F4N4O5. The molecule has 1 aromatic heterocycles. The molecule has 0 spiro atoms. The second-order valence-corrected chi connectivity index (χ2v) is 8.97. The van der Waals surface area contributed by atoms with Crippen LogP contribution in [-0.4, -0.2) is 74.7 Å². The van der Waals surface area contributed by atoms with Crippen LogP contribution in [-0.2, 0) is 16.0 Å². The van der Waals surface area contributed by atoms with E-state index >= 15 is 0 Å². The Morgan fingerprint density at radius 1 is 1.16 bits per heavy atom. The van der Waals surface area contributed by atoms with E-state index in [0.717, 1.165) is 31.4 Å². The molecule has 2 amide bonds. The lowest BCUT2D eigenvalue weighted by Crippen LogP contribution is -2.59. The lowest BCUT2D eigenvalue weighted by molar-refractivity contribution is -0.192. The van der Waals surface area contributed by atoms with Crippen molar-refractivity contribution in [2.24, 2.45) is 0 Å². The topological polar surface area (TPSA) is 124 Å². The first kappa shape index (κ1) is 27.8. The Bertz CT molecular complexity index is 1260. The number of carboxylic acid groups (broad SMARTS) is 1. The first-order valence-corrected chi connectivity index (χ1v) is 11.5. The molecule has 0 saturated carbocycles. The highest BCUT2D eigenvalue weighted by atomic mass is 19.4. The third-order valence-corrected chi connectivity index (χ3v) is 6.50. The Morgan fingerprint density at radius 3 is 2.49 bits per heavy atom. The van der Waals surface area contributed by atoms with Gasteiger partial charge in [0, 0.05) is 31.1 Å². The van der Waals surface area contributed by atoms with Crippen LogP contribution in [0.4, 0.5) is 17.6 Å². The van der Waals surface area contributed by atoms with Crippen LogP contribution in [0.25, 0.3) is 0 Å². The van der Waals surface area contributed by atoms with Gasteiger partial charge in [-0.3, -0.25) is 14.4 Å². The van der Waals surface area contributed by atoms with E-state index in [1.807, 2.05) is 11.8 Å². The van der Waals surface area contributed by atoms with Crippen LogP contribution in [0.5, 0.6) is 0 Å². The number of amides is 2. The van der Waals surface area contributed by atoms with Crippen molar-refractivity contribution in [1.29, 1.82) is 0 Å². The zero-order valence-electron chi connectivity index (χ0n) is 20.2. The van der Waals surface area contributed by atoms with Gasteiger partial charge in [0.25, 0.3) is 11.5 Å². The van der Waals surface area contributed by atoms with E-state index in [2.05, 4.69) is 10.2 Å². The van der Waals surface area contributed by atoms with Crippen molar-refractivity contribution in [3.05, 3.63) is 62.3 Å². The Balaban J connectivity index is 0.000000479. The fourth-order valence-corrected chi connectivity index (χ4v) is 4.30. The highest BCUT2D eigenvalue weighted by Gasteiger charge is 2.38. The molecule has 1 atom stereocenters. The van der Waals surface area contributed by atoms with Gasteiger partial charge in [0.05, 0.1) is 11.3 Å². The minimum Gasteiger partial charge on any atom is -0.475 e. The monoisotopic (exact) mass is 526 g/mol. The third kappa shape index (κ3) is 6.52. The fraction of sp³-hybridized carbons (Fsp3) is 0.458. The van der Waals surface area contributed by atoms with E-state index < -0.39 is 23.9 Å². The van der Waals surface area contributed by atoms with Gasteiger partial charge < -0.3 is 14.9 Å². The molecule has 2 aliphatic heterocycles. The van der Waals surface area contributed by atoms with Crippen molar-refractivity contribution in [2.75, 3.05) is 19.6 Å². The molecule has 4 rings (SSSR count). The average molecular weight is 526 g/mol. The number of aliphatic carboxylic acids is 1. The van der Waals surface area contributed by atoms with Crippen molar-refractivity contribution < 1.29 is 37.1 Å². The van der Waals surface area contributed by atoms with Crippen LogP contribution < -0.4 is 5.56 Å². The van der Waals surface area contributed by atoms with Gasteiger partial charge >= 0.3 is 12.1 Å². The number of piperazine rings is 1. The molecule has 3 heterocycles. The Labute approximate surface area is 209 Å². The number of halogens is 4. The molecule has 0 unspecified atom stereocenters. The number of piperidine rings is 1. The SMILES string of the molecule is Cc1c(Cc2ccc(F)c(C(=O)N3CC(=O)N4CCCC[C@@H]4C3)c2)n[nH]c(=O)c1C.O=C(O)C(F)(F)F. The molecule has 2 aromatic rings. The molecule has 37 heavy (non-hydrogen) atoms. The van der Waals surface area contributed by atoms with Gasteiger partial charge in [0.15, 0.2) is 0 Å². The van der Waals surface area contributed by atoms with Gasteiger partial charge in [0.1, 0.15) is 12.4 Å². The number of carboxylic acids is 1. The van der Waals surface area contributed by atoms with Crippen molar-refractivity contribution in [1.82, 2.24) is 20.0 Å². The lowest BCUT2D eigenvalue weighted by Gasteiger charge is -2.43. The summed E-state index contributed by atoms with van der Waals surface area (Å²) in [7, 11) is 0. The van der Waals surface area contributed by atoms with Gasteiger partial charge in [-0.25, -0.2) is 14.3 Å². The van der Waals surface area contributed by atoms with Gasteiger partial charge in [0.2, 0.25) is 5.91 Å². The molecule has 2 fully saturated rings. The number of carbonyl (C=O) groups is 3. The molecule has 1 aromatic carbocycles. The standard InChI is InChI=1S/C22H25FN4O3.C2HF3O2/c1-13-14(2)21(29)25-24-19(13)10-15-6-7-18(23)17(9-15)22(30)26-11-16-5-3-4-8-27(16)20(28)12-26;3-2(4,5)1(6)7/h6-7,9,16H,3-5,8,10-12H2,1-2H3,(H,25,29);(H,6,7)/t16-;/m1./s1. The number of hydrogen-bond donors (Lipinski definition) is 2. The fourth-order valence-electron chi connectivity index (χ4n) is 4.30. The van der Waals surface area contributed by atoms with E-state index in [0.29, 0.717) is 29.8 Å². The molecule has 0 aliphatic carbocycles. The Hall–Kier alpha value is -3.77. The number of H-pyrrole nitrogens is 1. The summed E-state index contributed by atoms with van der Waals surface area (Å²) in [4.78, 5) is 49.4. The number of rotatable bonds is 3. The molecule has 9 nitrogen and oxygen atoms in total. The summed E-state index contributed by atoms with van der Waals surface area (Å²) in [6.45, 7) is 4.70. The first-order valence-electron chi connectivity index (χ1n) is 11.5. The number of nitrogens with zero attached hydrogens (tertiary/aromatic N) is 3. The summed E-state index contributed by atoms with van der Waals surface area (Å²) in [5.41, 5.74) is 2.46. The van der Waals surface area contributed by atoms with Crippen LogP contribution in [0.3, 0.4) is 0 Å². The molecule has 0 radical (unpaired) electrons. The quantitative estimate of drug-likeness (QED) is 0.593. The zero-order valence-corrected chi connectivity index (χ0v) is 20.2. The summed E-state index contributed by atoms with van der Waals surface area (Å²) >= 11 is 0. The minimum atomic E-state index is -5.08. The second kappa shape index (κ2) is 11.1. The summed E-state index contributed by atoms with van der Waals surface area (Å²) in [6.07, 6.45) is -1.83. The van der Waals surface area contributed by atoms with Gasteiger partial charge in [-0.1, -0.05) is 6.07 Å². The maximum atomic E-state index is 14.5. The van der Waals surface area contributed by atoms with Crippen molar-refractivity contribution in [3.8, 4) is 0 Å². The molecule has 2 saturated heterocycles. The van der Waals surface area contributed by atoms with Crippen molar-refractivity contribution in [3.63, 3.8) is 0 Å². The number of nitrogens with one attached hydrogen (secondary N) is 1. The van der Waals surface area contributed by atoms with E-state index in [1.165, 1.54) is 17.0 Å². The minimum absolute atomic E-state index is 0.0151. The average Bonchev–Trinajstić information content (AvgIpc) is 2.85. The maximum Gasteiger partial charge on any atom is 0.490 e. The van der Waals surface area contributed by atoms with E-state index in [1.54, 1.807) is 13.0 Å². The summed E-state index contributed by atoms with van der Waals surface area (Å²) < 4.78 is 46.3. The molecular weight excluding hydrogens is 500 g/mol. The summed E-state index contributed by atoms with van der Waals surface area (Å²) in [5, 5.41) is 13.7. The van der Waals surface area contributed by atoms with Gasteiger partial charge in [-0.05, 0) is 56.4 Å². The highest BCUT2D eigenvalue weighted by Crippen LogP contribution is 2.24. The largest absolute Gasteiger partial charge is 0.490 e. The summed E-state index contributed by atoms with van der Waals surface area (Å²) in [5.74, 6) is -3.90. The number of benzene rings is 1. The molecule has 0 bridgehead atoms. The number of carbonyl (C=O) groups excluding carboxylic acids is 2. The molecule has 2 aliphatic rings. The number of aromatic amines is 1. The lowest BCUT2D eigenvalue weighted by atomic mass is 9.98. The van der Waals surface area contributed by atoms with Crippen LogP contribution in [0, 0.1) is 19.7 Å². The zero-order chi connectivity index (χ0) is 27.5. The van der Waals surface area contributed by atoms with E-state index in [9.17, 15) is 31.9 Å². The van der Waals surface area contributed by atoms with Crippen LogP contribution in [0.1, 0.15) is 52.0 Å². The Kier molecular flexibility index (Phi) is 8.34. The third-order valence-electron chi connectivity index (χ3n) is 6.50. The number of fused-ring (bicyclic) bond motifs is 1. The predicted octanol–water partition coefficient (Wildman–Crippen LogP) is 2.59. The molecule has 2 N–H and O–H groups in total. The second-order valence-electron chi connectivity index (χ2n) is 8.97. The summed E-state index contributed by atoms with van der Waals surface area (Å²) in [6, 6.07) is 4.43. The molecule has 13 heteroatoms. The van der Waals surface area contributed by atoms with Crippen molar-refractivity contribution in [2.45, 2.75) is 51.7 Å². The van der Waals surface area contributed by atoms with E-state index in [4.69, 9.17) is 9.90 Å². The smallest absolute Gasteiger partial charge is 0.475 e. The number of hydrogen-bond acceptors (Lipinski definition) is 5. The van der Waals surface area contributed by atoms with Crippen molar-refractivity contribution >= 4 is 17.8 Å². The predicted molar refractivity (Wildman–Crippen MR) is 122 cm³/mol.